The lowest BCUT2D eigenvalue weighted by atomic mass is 10.1. The Morgan fingerprint density at radius 1 is 1.30 bits per heavy atom. The fraction of sp³-hybridized carbons (Fsp3) is 0.600. The lowest BCUT2D eigenvalue weighted by Crippen LogP contribution is -2.27. The maximum Gasteiger partial charge on any atom is 0.413 e. The predicted molar refractivity (Wildman–Crippen MR) is 82.1 cm³/mol. The summed E-state index contributed by atoms with van der Waals surface area (Å²) in [7, 11) is 0. The number of carbonyl (C=O) groups is 1. The molecule has 0 spiro atoms. The molecule has 1 aromatic rings. The Bertz CT molecular complexity index is 420. The van der Waals surface area contributed by atoms with E-state index in [0.29, 0.717) is 11.9 Å². The van der Waals surface area contributed by atoms with E-state index in [1.165, 1.54) is 0 Å². The van der Waals surface area contributed by atoms with Crippen LogP contribution >= 0.6 is 0 Å². The number of carbonyl (C=O) groups excluding carboxylic acids is 1. The first kappa shape index (κ1) is 16.3. The summed E-state index contributed by atoms with van der Waals surface area (Å²) in [5.41, 5.74) is 0.439. The Morgan fingerprint density at radius 3 is 2.40 bits per heavy atom. The van der Waals surface area contributed by atoms with Crippen molar-refractivity contribution in [2.45, 2.75) is 59.1 Å². The van der Waals surface area contributed by atoms with Crippen LogP contribution in [0, 0.1) is 0 Å². The van der Waals surface area contributed by atoms with Crippen LogP contribution < -0.4 is 10.6 Å². The molecule has 0 unspecified atom stereocenters. The molecule has 20 heavy (non-hydrogen) atoms. The van der Waals surface area contributed by atoms with Gasteiger partial charge in [-0.25, -0.2) is 9.78 Å². The molecule has 0 atom stereocenters. The maximum atomic E-state index is 11.6. The van der Waals surface area contributed by atoms with Crippen molar-refractivity contribution in [1.29, 1.82) is 0 Å². The van der Waals surface area contributed by atoms with Crippen molar-refractivity contribution in [2.24, 2.45) is 0 Å². The second-order valence-electron chi connectivity index (χ2n) is 5.72. The SMILES string of the molecule is CCC(CC)Nc1ccc(NC(=O)OC(C)(C)C)nc1. The van der Waals surface area contributed by atoms with Crippen molar-refractivity contribution < 1.29 is 9.53 Å². The molecule has 1 rings (SSSR count). The quantitative estimate of drug-likeness (QED) is 0.854. The molecule has 5 heteroatoms. The molecule has 0 aromatic carbocycles. The molecule has 0 bridgehead atoms. The molecule has 0 aliphatic rings. The van der Waals surface area contributed by atoms with Crippen LogP contribution in [0.4, 0.5) is 16.3 Å². The fourth-order valence-electron chi connectivity index (χ4n) is 1.69. The number of pyridine rings is 1. The molecule has 0 fully saturated rings. The van der Waals surface area contributed by atoms with Crippen LogP contribution in [0.2, 0.25) is 0 Å². The third-order valence-corrected chi connectivity index (χ3v) is 2.75. The highest BCUT2D eigenvalue weighted by Crippen LogP contribution is 2.14. The Morgan fingerprint density at radius 2 is 1.95 bits per heavy atom. The zero-order valence-corrected chi connectivity index (χ0v) is 13.0. The van der Waals surface area contributed by atoms with E-state index in [1.807, 2.05) is 26.8 Å². The van der Waals surface area contributed by atoms with Crippen LogP contribution in [-0.4, -0.2) is 22.7 Å². The molecule has 1 amide bonds. The van der Waals surface area contributed by atoms with Crippen LogP contribution in [0.3, 0.4) is 0 Å². The molecule has 1 aromatic heterocycles. The van der Waals surface area contributed by atoms with Crippen LogP contribution in [0.1, 0.15) is 47.5 Å². The largest absolute Gasteiger partial charge is 0.444 e. The van der Waals surface area contributed by atoms with Gasteiger partial charge in [-0.15, -0.1) is 0 Å². The van der Waals surface area contributed by atoms with Crippen LogP contribution in [-0.2, 0) is 4.74 Å². The first-order valence-corrected chi connectivity index (χ1v) is 7.06. The van der Waals surface area contributed by atoms with Gasteiger partial charge in [0.25, 0.3) is 0 Å². The molecule has 0 aliphatic carbocycles. The molecule has 1 heterocycles. The lowest BCUT2D eigenvalue weighted by molar-refractivity contribution is 0.0635. The standard InChI is InChI=1S/C15H25N3O2/c1-6-11(7-2)17-12-8-9-13(16-10-12)18-14(19)20-15(3,4)5/h8-11,17H,6-7H2,1-5H3,(H,16,18,19). The molecule has 0 saturated heterocycles. The Labute approximate surface area is 121 Å². The molecule has 0 aliphatic heterocycles. The number of ether oxygens (including phenoxy) is 1. The molecule has 0 radical (unpaired) electrons. The summed E-state index contributed by atoms with van der Waals surface area (Å²) >= 11 is 0. The van der Waals surface area contributed by atoms with Crippen molar-refractivity contribution in [3.8, 4) is 0 Å². The zero-order valence-electron chi connectivity index (χ0n) is 13.0. The number of amides is 1. The van der Waals surface area contributed by atoms with Gasteiger partial charge in [-0.3, -0.25) is 5.32 Å². The van der Waals surface area contributed by atoms with Gasteiger partial charge in [-0.2, -0.15) is 0 Å². The topological polar surface area (TPSA) is 63.2 Å². The van der Waals surface area contributed by atoms with Crippen molar-refractivity contribution in [3.63, 3.8) is 0 Å². The van der Waals surface area contributed by atoms with Crippen LogP contribution in [0.15, 0.2) is 18.3 Å². The summed E-state index contributed by atoms with van der Waals surface area (Å²) in [6.07, 6.45) is 3.35. The second-order valence-corrected chi connectivity index (χ2v) is 5.72. The average Bonchev–Trinajstić information content (AvgIpc) is 2.35. The summed E-state index contributed by atoms with van der Waals surface area (Å²) in [5, 5.41) is 6.00. The third-order valence-electron chi connectivity index (χ3n) is 2.75. The highest BCUT2D eigenvalue weighted by molar-refractivity contribution is 5.83. The number of aromatic nitrogens is 1. The number of rotatable bonds is 5. The highest BCUT2D eigenvalue weighted by atomic mass is 16.6. The van der Waals surface area contributed by atoms with E-state index in [-0.39, 0.29) is 0 Å². The highest BCUT2D eigenvalue weighted by Gasteiger charge is 2.16. The molecular weight excluding hydrogens is 254 g/mol. The number of nitrogens with zero attached hydrogens (tertiary/aromatic N) is 1. The summed E-state index contributed by atoms with van der Waals surface area (Å²) < 4.78 is 5.17. The Hall–Kier alpha value is -1.78. The number of hydrogen-bond donors (Lipinski definition) is 2. The van der Waals surface area contributed by atoms with Gasteiger partial charge in [-0.1, -0.05) is 13.8 Å². The minimum atomic E-state index is -0.513. The Kier molecular flexibility index (Phi) is 5.80. The van der Waals surface area contributed by atoms with Gasteiger partial charge >= 0.3 is 6.09 Å². The maximum absolute atomic E-state index is 11.6. The fourth-order valence-corrected chi connectivity index (χ4v) is 1.69. The minimum Gasteiger partial charge on any atom is -0.444 e. The number of anilines is 2. The monoisotopic (exact) mass is 279 g/mol. The average molecular weight is 279 g/mol. The predicted octanol–water partition coefficient (Wildman–Crippen LogP) is 4.03. The van der Waals surface area contributed by atoms with Gasteiger partial charge in [0.1, 0.15) is 11.4 Å². The molecule has 2 N–H and O–H groups in total. The summed E-state index contributed by atoms with van der Waals surface area (Å²) in [4.78, 5) is 15.8. The van der Waals surface area contributed by atoms with E-state index < -0.39 is 11.7 Å². The minimum absolute atomic E-state index is 0.446. The van der Waals surface area contributed by atoms with E-state index in [0.717, 1.165) is 18.5 Å². The lowest BCUT2D eigenvalue weighted by Gasteiger charge is -2.19. The molecular formula is C15H25N3O2. The van der Waals surface area contributed by atoms with Gasteiger partial charge in [0.15, 0.2) is 0 Å². The van der Waals surface area contributed by atoms with Crippen molar-refractivity contribution >= 4 is 17.6 Å². The van der Waals surface area contributed by atoms with Crippen LogP contribution in [0.5, 0.6) is 0 Å². The van der Waals surface area contributed by atoms with E-state index >= 15 is 0 Å². The molecule has 112 valence electrons. The smallest absolute Gasteiger partial charge is 0.413 e. The van der Waals surface area contributed by atoms with Crippen molar-refractivity contribution in [3.05, 3.63) is 18.3 Å². The van der Waals surface area contributed by atoms with E-state index in [1.54, 1.807) is 12.3 Å². The second kappa shape index (κ2) is 7.12. The van der Waals surface area contributed by atoms with Gasteiger partial charge < -0.3 is 10.1 Å². The normalized spacial score (nSPS) is 11.3. The number of nitrogens with one attached hydrogen (secondary N) is 2. The van der Waals surface area contributed by atoms with Gasteiger partial charge in [-0.05, 0) is 45.7 Å². The van der Waals surface area contributed by atoms with E-state index in [2.05, 4.69) is 29.5 Å². The molecule has 5 nitrogen and oxygen atoms in total. The summed E-state index contributed by atoms with van der Waals surface area (Å²) in [6.45, 7) is 9.76. The third kappa shape index (κ3) is 5.91. The Balaban J connectivity index is 2.56. The zero-order chi connectivity index (χ0) is 15.2. The first-order valence-electron chi connectivity index (χ1n) is 7.06. The molecule has 0 saturated carbocycles. The number of hydrogen-bond acceptors (Lipinski definition) is 4. The first-order chi connectivity index (χ1) is 9.34. The summed E-state index contributed by atoms with van der Waals surface area (Å²) in [6, 6.07) is 4.11. The van der Waals surface area contributed by atoms with Crippen LogP contribution in [0.25, 0.3) is 0 Å². The van der Waals surface area contributed by atoms with Gasteiger partial charge in [0, 0.05) is 6.04 Å². The summed E-state index contributed by atoms with van der Waals surface area (Å²) in [5.74, 6) is 0.481. The van der Waals surface area contributed by atoms with E-state index in [4.69, 9.17) is 4.74 Å². The van der Waals surface area contributed by atoms with Crippen molar-refractivity contribution in [1.82, 2.24) is 4.98 Å². The van der Waals surface area contributed by atoms with Crippen molar-refractivity contribution in [2.75, 3.05) is 10.6 Å². The van der Waals surface area contributed by atoms with Gasteiger partial charge in [0.05, 0.1) is 11.9 Å². The van der Waals surface area contributed by atoms with E-state index in [9.17, 15) is 4.79 Å². The van der Waals surface area contributed by atoms with Gasteiger partial charge in [0.2, 0.25) is 0 Å².